The highest BCUT2D eigenvalue weighted by Gasteiger charge is 2.25. The first-order valence-electron chi connectivity index (χ1n) is 8.25. The average Bonchev–Trinajstić information content (AvgIpc) is 2.62. The summed E-state index contributed by atoms with van der Waals surface area (Å²) in [7, 11) is -3.49. The normalized spacial score (nSPS) is 15.9. The number of anilines is 1. The highest BCUT2D eigenvalue weighted by Crippen LogP contribution is 2.24. The molecule has 0 atom stereocenters. The van der Waals surface area contributed by atoms with Gasteiger partial charge in [0.25, 0.3) is 0 Å². The zero-order valence-electron chi connectivity index (χ0n) is 13.7. The lowest BCUT2D eigenvalue weighted by Gasteiger charge is -2.26. The van der Waals surface area contributed by atoms with Gasteiger partial charge in [-0.1, -0.05) is 30.2 Å². The molecule has 1 N–H and O–H groups in total. The number of hydrogen-bond acceptors (Lipinski definition) is 3. The lowest BCUT2D eigenvalue weighted by atomic mass is 10.2. The van der Waals surface area contributed by atoms with Gasteiger partial charge in [-0.25, -0.2) is 12.8 Å². The summed E-state index contributed by atoms with van der Waals surface area (Å²) in [5.41, 5.74) is 0.964. The second-order valence-electron chi connectivity index (χ2n) is 6.05. The van der Waals surface area contributed by atoms with E-state index in [1.807, 2.05) is 0 Å². The average molecular weight is 383 g/mol. The number of nitrogens with zero attached hydrogens (tertiary/aromatic N) is 1. The van der Waals surface area contributed by atoms with Crippen molar-refractivity contribution in [3.05, 3.63) is 58.9 Å². The van der Waals surface area contributed by atoms with Crippen molar-refractivity contribution in [3.8, 4) is 0 Å². The Bertz CT molecular complexity index is 832. The molecule has 134 valence electrons. The molecule has 0 radical (unpaired) electrons. The summed E-state index contributed by atoms with van der Waals surface area (Å²) in [6.07, 6.45) is 2.85. The Labute approximate surface area is 152 Å². The Morgan fingerprint density at radius 1 is 1.08 bits per heavy atom. The molecular weight excluding hydrogens is 363 g/mol. The minimum atomic E-state index is -3.49. The van der Waals surface area contributed by atoms with E-state index in [-0.39, 0.29) is 11.4 Å². The molecule has 0 aromatic heterocycles. The van der Waals surface area contributed by atoms with Crippen molar-refractivity contribution in [1.29, 1.82) is 0 Å². The van der Waals surface area contributed by atoms with Crippen LogP contribution in [0.5, 0.6) is 0 Å². The van der Waals surface area contributed by atoms with Gasteiger partial charge in [-0.2, -0.15) is 4.31 Å². The Balaban J connectivity index is 1.77. The van der Waals surface area contributed by atoms with Crippen LogP contribution < -0.4 is 5.32 Å². The van der Waals surface area contributed by atoms with Crippen molar-refractivity contribution in [1.82, 2.24) is 4.31 Å². The standard InChI is InChI=1S/C18H20ClFN2O2S/c19-17-8-5-9-18(20)16(17)13-21-14-6-4-7-15(12-14)25(23,24)22-10-2-1-3-11-22/h4-9,12,21H,1-3,10-11,13H2. The van der Waals surface area contributed by atoms with Crippen molar-refractivity contribution in [2.75, 3.05) is 18.4 Å². The van der Waals surface area contributed by atoms with E-state index in [0.29, 0.717) is 29.4 Å². The zero-order chi connectivity index (χ0) is 17.9. The fourth-order valence-electron chi connectivity index (χ4n) is 2.91. The summed E-state index contributed by atoms with van der Waals surface area (Å²) in [4.78, 5) is 0.249. The van der Waals surface area contributed by atoms with Crippen LogP contribution in [0.2, 0.25) is 5.02 Å². The topological polar surface area (TPSA) is 49.4 Å². The van der Waals surface area contributed by atoms with Gasteiger partial charge in [-0.3, -0.25) is 0 Å². The van der Waals surface area contributed by atoms with E-state index in [4.69, 9.17) is 11.6 Å². The molecule has 4 nitrogen and oxygen atoms in total. The summed E-state index contributed by atoms with van der Waals surface area (Å²) in [5, 5.41) is 3.39. The first-order chi connectivity index (χ1) is 12.0. The highest BCUT2D eigenvalue weighted by atomic mass is 35.5. The predicted octanol–water partition coefficient (Wildman–Crippen LogP) is 4.27. The molecule has 1 saturated heterocycles. The largest absolute Gasteiger partial charge is 0.381 e. The molecule has 0 spiro atoms. The quantitative estimate of drug-likeness (QED) is 0.840. The molecule has 2 aromatic rings. The van der Waals surface area contributed by atoms with E-state index < -0.39 is 15.8 Å². The third-order valence-electron chi connectivity index (χ3n) is 4.32. The Hall–Kier alpha value is -1.63. The first kappa shape index (κ1) is 18.2. The van der Waals surface area contributed by atoms with Crippen molar-refractivity contribution in [2.45, 2.75) is 30.7 Å². The molecule has 2 aromatic carbocycles. The number of benzene rings is 2. The Kier molecular flexibility index (Phi) is 5.61. The molecule has 1 aliphatic rings. The number of nitrogens with one attached hydrogen (secondary N) is 1. The van der Waals surface area contributed by atoms with Gasteiger partial charge in [0.05, 0.1) is 4.90 Å². The van der Waals surface area contributed by atoms with Crippen molar-refractivity contribution in [2.24, 2.45) is 0 Å². The van der Waals surface area contributed by atoms with Crippen LogP contribution in [0.3, 0.4) is 0 Å². The molecule has 0 unspecified atom stereocenters. The molecule has 0 bridgehead atoms. The van der Waals surface area contributed by atoms with Gasteiger partial charge in [0.2, 0.25) is 10.0 Å². The fraction of sp³-hybridized carbons (Fsp3) is 0.333. The molecule has 0 aliphatic carbocycles. The van der Waals surface area contributed by atoms with Gasteiger partial charge in [0.1, 0.15) is 5.82 Å². The summed E-state index contributed by atoms with van der Waals surface area (Å²) in [6, 6.07) is 11.1. The third kappa shape index (κ3) is 4.14. The Morgan fingerprint density at radius 2 is 1.80 bits per heavy atom. The van der Waals surface area contributed by atoms with Gasteiger partial charge < -0.3 is 5.32 Å². The van der Waals surface area contributed by atoms with Crippen molar-refractivity contribution >= 4 is 27.3 Å². The zero-order valence-corrected chi connectivity index (χ0v) is 15.3. The van der Waals surface area contributed by atoms with Crippen LogP contribution >= 0.6 is 11.6 Å². The molecule has 7 heteroatoms. The second-order valence-corrected chi connectivity index (χ2v) is 8.39. The van der Waals surface area contributed by atoms with Crippen LogP contribution in [-0.2, 0) is 16.6 Å². The molecule has 1 fully saturated rings. The summed E-state index contributed by atoms with van der Waals surface area (Å²) >= 11 is 6.02. The number of sulfonamides is 1. The third-order valence-corrected chi connectivity index (χ3v) is 6.57. The monoisotopic (exact) mass is 382 g/mol. The molecule has 25 heavy (non-hydrogen) atoms. The van der Waals surface area contributed by atoms with Crippen LogP contribution in [0, 0.1) is 5.82 Å². The number of rotatable bonds is 5. The first-order valence-corrected chi connectivity index (χ1v) is 10.1. The van der Waals surface area contributed by atoms with Gasteiger partial charge in [-0.05, 0) is 43.2 Å². The molecular formula is C18H20ClFN2O2S. The molecule has 3 rings (SSSR count). The van der Waals surface area contributed by atoms with Gasteiger partial charge >= 0.3 is 0 Å². The summed E-state index contributed by atoms with van der Waals surface area (Å²) in [6.45, 7) is 1.30. The SMILES string of the molecule is O=S(=O)(c1cccc(NCc2c(F)cccc2Cl)c1)N1CCCCC1. The van der Waals surface area contributed by atoms with E-state index >= 15 is 0 Å². The minimum absolute atomic E-state index is 0.179. The smallest absolute Gasteiger partial charge is 0.243 e. The lowest BCUT2D eigenvalue weighted by Crippen LogP contribution is -2.35. The number of piperidine rings is 1. The van der Waals surface area contributed by atoms with Crippen LogP contribution in [0.25, 0.3) is 0 Å². The molecule has 0 amide bonds. The predicted molar refractivity (Wildman–Crippen MR) is 97.8 cm³/mol. The van der Waals surface area contributed by atoms with Crippen LogP contribution in [0.4, 0.5) is 10.1 Å². The summed E-state index contributed by atoms with van der Waals surface area (Å²) < 4.78 is 40.8. The lowest BCUT2D eigenvalue weighted by molar-refractivity contribution is 0.346. The van der Waals surface area contributed by atoms with Crippen molar-refractivity contribution < 1.29 is 12.8 Å². The number of halogens is 2. The minimum Gasteiger partial charge on any atom is -0.381 e. The van der Waals surface area contributed by atoms with E-state index in [2.05, 4.69) is 5.32 Å². The number of hydrogen-bond donors (Lipinski definition) is 1. The van der Waals surface area contributed by atoms with Gasteiger partial charge in [-0.15, -0.1) is 0 Å². The molecule has 1 heterocycles. The van der Waals surface area contributed by atoms with Crippen molar-refractivity contribution in [3.63, 3.8) is 0 Å². The highest BCUT2D eigenvalue weighted by molar-refractivity contribution is 7.89. The van der Waals surface area contributed by atoms with Crippen LogP contribution in [-0.4, -0.2) is 25.8 Å². The van der Waals surface area contributed by atoms with Crippen LogP contribution in [0.1, 0.15) is 24.8 Å². The second kappa shape index (κ2) is 7.72. The maximum Gasteiger partial charge on any atom is 0.243 e. The van der Waals surface area contributed by atoms with E-state index in [9.17, 15) is 12.8 Å². The van der Waals surface area contributed by atoms with E-state index in [1.54, 1.807) is 36.4 Å². The van der Waals surface area contributed by atoms with E-state index in [1.165, 1.54) is 10.4 Å². The summed E-state index contributed by atoms with van der Waals surface area (Å²) in [5.74, 6) is -0.392. The van der Waals surface area contributed by atoms with Gasteiger partial charge in [0.15, 0.2) is 0 Å². The maximum atomic E-state index is 13.8. The molecule has 0 saturated carbocycles. The van der Waals surface area contributed by atoms with E-state index in [0.717, 1.165) is 19.3 Å². The molecule has 1 aliphatic heterocycles. The van der Waals surface area contributed by atoms with Crippen LogP contribution in [0.15, 0.2) is 47.4 Å². The Morgan fingerprint density at radius 3 is 2.52 bits per heavy atom. The maximum absolute atomic E-state index is 13.8. The fourth-order valence-corrected chi connectivity index (χ4v) is 4.71. The van der Waals surface area contributed by atoms with Gasteiger partial charge in [0, 0.05) is 35.9 Å².